The van der Waals surface area contributed by atoms with E-state index in [1.165, 1.54) is 46.2 Å². The molecule has 0 aromatic rings. The van der Waals surface area contributed by atoms with E-state index in [0.717, 1.165) is 5.82 Å². The van der Waals surface area contributed by atoms with E-state index in [1.54, 1.807) is 0 Å². The lowest BCUT2D eigenvalue weighted by atomic mass is 9.76. The van der Waals surface area contributed by atoms with Gasteiger partial charge in [-0.05, 0) is 25.9 Å². The molecule has 0 amide bonds. The normalized spacial score (nSPS) is 21.7. The molecular weight excluding hydrogens is 133 g/mol. The molecule has 1 heterocycles. The lowest BCUT2D eigenvalue weighted by Gasteiger charge is -2.20. The molecule has 0 atom stereocenters. The molecule has 0 bridgehead atoms. The first-order chi connectivity index (χ1) is 5.29. The fourth-order valence-corrected chi connectivity index (χ4v) is 1.84. The van der Waals surface area contributed by atoms with Crippen molar-refractivity contribution in [3.63, 3.8) is 0 Å². The van der Waals surface area contributed by atoms with E-state index < -0.39 is 0 Å². The van der Waals surface area contributed by atoms with Gasteiger partial charge in [0, 0.05) is 0 Å². The van der Waals surface area contributed by atoms with Crippen LogP contribution in [-0.2, 0) is 0 Å². The average molecular weight is 153 g/mol. The molecule has 64 valence electrons. The van der Waals surface area contributed by atoms with E-state index in [1.807, 2.05) is 0 Å². The van der Waals surface area contributed by atoms with Crippen LogP contribution < -0.4 is 0 Å². The molecule has 0 saturated carbocycles. The lowest BCUT2D eigenvalue weighted by Crippen LogP contribution is -2.30. The lowest BCUT2D eigenvalue weighted by molar-refractivity contribution is 0.454. The van der Waals surface area contributed by atoms with Crippen LogP contribution in [0.25, 0.3) is 0 Å². The molecule has 2 heteroatoms. The minimum absolute atomic E-state index is 0.841. The monoisotopic (exact) mass is 153 g/mol. The van der Waals surface area contributed by atoms with Crippen LogP contribution >= 0.6 is 0 Å². The zero-order chi connectivity index (χ0) is 8.10. The highest BCUT2D eigenvalue weighted by Gasteiger charge is 2.10. The van der Waals surface area contributed by atoms with Crippen LogP contribution in [0.5, 0.6) is 0 Å². The second-order valence-corrected chi connectivity index (χ2v) is 4.11. The van der Waals surface area contributed by atoms with Gasteiger partial charge < -0.3 is 4.81 Å². The van der Waals surface area contributed by atoms with Crippen molar-refractivity contribution in [3.8, 4) is 0 Å². The summed E-state index contributed by atoms with van der Waals surface area (Å²) in [6, 6.07) is 0. The van der Waals surface area contributed by atoms with Crippen LogP contribution in [0, 0.1) is 0 Å². The topological polar surface area (TPSA) is 3.24 Å². The Morgan fingerprint density at radius 3 is 2.00 bits per heavy atom. The summed E-state index contributed by atoms with van der Waals surface area (Å²) in [4.78, 5) is 2.62. The van der Waals surface area contributed by atoms with Gasteiger partial charge in [-0.15, -0.1) is 0 Å². The molecule has 11 heavy (non-hydrogen) atoms. The molecule has 1 fully saturated rings. The van der Waals surface area contributed by atoms with E-state index in [-0.39, 0.29) is 0 Å². The van der Waals surface area contributed by atoms with E-state index in [2.05, 4.69) is 18.7 Å². The SMILES string of the molecule is CC(C)BN1CCCCCC1. The van der Waals surface area contributed by atoms with Crippen molar-refractivity contribution in [2.24, 2.45) is 0 Å². The maximum Gasteiger partial charge on any atom is 0.206 e. The second kappa shape index (κ2) is 4.81. The highest BCUT2D eigenvalue weighted by molar-refractivity contribution is 6.33. The predicted molar refractivity (Wildman–Crippen MR) is 52.3 cm³/mol. The van der Waals surface area contributed by atoms with Gasteiger partial charge in [-0.1, -0.05) is 32.5 Å². The molecule has 0 spiro atoms. The molecule has 0 unspecified atom stereocenters. The molecule has 0 radical (unpaired) electrons. The van der Waals surface area contributed by atoms with Gasteiger partial charge in [-0.2, -0.15) is 0 Å². The highest BCUT2D eigenvalue weighted by atomic mass is 15.0. The Morgan fingerprint density at radius 2 is 1.55 bits per heavy atom. The van der Waals surface area contributed by atoms with Crippen molar-refractivity contribution in [1.29, 1.82) is 0 Å². The third-order valence-corrected chi connectivity index (χ3v) is 2.32. The summed E-state index contributed by atoms with van der Waals surface area (Å²) in [6.07, 6.45) is 5.75. The first kappa shape index (κ1) is 9.12. The maximum atomic E-state index is 2.62. The van der Waals surface area contributed by atoms with E-state index >= 15 is 0 Å². The molecule has 0 aromatic carbocycles. The third-order valence-electron chi connectivity index (χ3n) is 2.32. The minimum atomic E-state index is 0.841. The fraction of sp³-hybridized carbons (Fsp3) is 1.00. The van der Waals surface area contributed by atoms with Crippen LogP contribution in [0.15, 0.2) is 0 Å². The second-order valence-electron chi connectivity index (χ2n) is 4.11. The maximum absolute atomic E-state index is 2.62. The van der Waals surface area contributed by atoms with Crippen molar-refractivity contribution in [3.05, 3.63) is 0 Å². The number of rotatable bonds is 2. The summed E-state index contributed by atoms with van der Waals surface area (Å²) in [5.74, 6) is 0.841. The summed E-state index contributed by atoms with van der Waals surface area (Å²) in [5, 5.41) is 0. The van der Waals surface area contributed by atoms with Gasteiger partial charge >= 0.3 is 0 Å². The summed E-state index contributed by atoms with van der Waals surface area (Å²) in [6.45, 7) is 7.31. The van der Waals surface area contributed by atoms with Gasteiger partial charge in [-0.3, -0.25) is 0 Å². The minimum Gasteiger partial charge on any atom is -0.345 e. The highest BCUT2D eigenvalue weighted by Crippen LogP contribution is 2.11. The molecule has 1 saturated heterocycles. The van der Waals surface area contributed by atoms with Gasteiger partial charge in [0.2, 0.25) is 7.41 Å². The first-order valence-electron chi connectivity index (χ1n) is 5.01. The Hall–Kier alpha value is 0.0249. The standard InChI is InChI=1S/C9H20BN/c1-9(2)10-11-7-5-3-4-6-8-11/h9-10H,3-8H2,1-2H3. The number of hydrogen-bond donors (Lipinski definition) is 0. The zero-order valence-corrected chi connectivity index (χ0v) is 7.97. The van der Waals surface area contributed by atoms with Crippen molar-refractivity contribution >= 4 is 7.41 Å². The first-order valence-corrected chi connectivity index (χ1v) is 5.01. The van der Waals surface area contributed by atoms with Crippen LogP contribution in [-0.4, -0.2) is 25.3 Å². The van der Waals surface area contributed by atoms with Crippen LogP contribution in [0.4, 0.5) is 0 Å². The van der Waals surface area contributed by atoms with Crippen LogP contribution in [0.2, 0.25) is 5.82 Å². The van der Waals surface area contributed by atoms with Crippen molar-refractivity contribution in [1.82, 2.24) is 4.81 Å². The van der Waals surface area contributed by atoms with Gasteiger partial charge in [0.05, 0.1) is 0 Å². The molecule has 0 aliphatic carbocycles. The number of nitrogens with zero attached hydrogens (tertiary/aromatic N) is 1. The summed E-state index contributed by atoms with van der Waals surface area (Å²) in [7, 11) is 1.31. The summed E-state index contributed by atoms with van der Waals surface area (Å²) >= 11 is 0. The Bertz CT molecular complexity index is 95.7. The molecule has 0 N–H and O–H groups in total. The Kier molecular flexibility index (Phi) is 3.99. The van der Waals surface area contributed by atoms with Gasteiger partial charge in [0.1, 0.15) is 0 Å². The van der Waals surface area contributed by atoms with Crippen molar-refractivity contribution in [2.45, 2.75) is 45.3 Å². The Balaban J connectivity index is 2.20. The molecule has 1 nitrogen and oxygen atoms in total. The Morgan fingerprint density at radius 1 is 1.00 bits per heavy atom. The largest absolute Gasteiger partial charge is 0.345 e. The van der Waals surface area contributed by atoms with Crippen LogP contribution in [0.3, 0.4) is 0 Å². The number of hydrogen-bond acceptors (Lipinski definition) is 1. The quantitative estimate of drug-likeness (QED) is 0.548. The average Bonchev–Trinajstić information content (AvgIpc) is 2.14. The molecule has 1 aliphatic rings. The predicted octanol–water partition coefficient (Wildman–Crippen LogP) is 2.04. The molecule has 1 aliphatic heterocycles. The van der Waals surface area contributed by atoms with Crippen molar-refractivity contribution < 1.29 is 0 Å². The van der Waals surface area contributed by atoms with Crippen LogP contribution in [0.1, 0.15) is 39.5 Å². The van der Waals surface area contributed by atoms with E-state index in [0.29, 0.717) is 0 Å². The van der Waals surface area contributed by atoms with E-state index in [4.69, 9.17) is 0 Å². The molecule has 0 aromatic heterocycles. The van der Waals surface area contributed by atoms with E-state index in [9.17, 15) is 0 Å². The van der Waals surface area contributed by atoms with Gasteiger partial charge in [-0.25, -0.2) is 0 Å². The summed E-state index contributed by atoms with van der Waals surface area (Å²) in [5.41, 5.74) is 0. The van der Waals surface area contributed by atoms with Gasteiger partial charge in [0.15, 0.2) is 0 Å². The van der Waals surface area contributed by atoms with Gasteiger partial charge in [0.25, 0.3) is 0 Å². The fourth-order valence-electron chi connectivity index (χ4n) is 1.84. The summed E-state index contributed by atoms with van der Waals surface area (Å²) < 4.78 is 0. The molecular formula is C9H20BN. The molecule has 1 rings (SSSR count). The van der Waals surface area contributed by atoms with Crippen molar-refractivity contribution in [2.75, 3.05) is 13.1 Å². The Labute approximate surface area is 71.4 Å². The zero-order valence-electron chi connectivity index (χ0n) is 7.97. The smallest absolute Gasteiger partial charge is 0.206 e. The third kappa shape index (κ3) is 3.81.